The Morgan fingerprint density at radius 3 is 2.09 bits per heavy atom. The van der Waals surface area contributed by atoms with Crippen LogP contribution >= 0.6 is 11.6 Å². The first-order chi connectivity index (χ1) is 15.3. The molecule has 3 N–H and O–H groups in total. The van der Waals surface area contributed by atoms with Crippen LogP contribution in [0.1, 0.15) is 30.5 Å². The van der Waals surface area contributed by atoms with Crippen molar-refractivity contribution >= 4 is 40.4 Å². The number of benzene rings is 3. The number of anilines is 4. The van der Waals surface area contributed by atoms with Crippen LogP contribution in [0.2, 0.25) is 5.02 Å². The lowest BCUT2D eigenvalue weighted by atomic mass is 10.0. The summed E-state index contributed by atoms with van der Waals surface area (Å²) >= 11 is 6.47. The molecule has 0 saturated heterocycles. The smallest absolute Gasteiger partial charge is 0.326 e. The summed E-state index contributed by atoms with van der Waals surface area (Å²) in [6.45, 7) is 4.48. The average Bonchev–Trinajstić information content (AvgIpc) is 2.78. The lowest BCUT2D eigenvalue weighted by Crippen LogP contribution is -2.35. The van der Waals surface area contributed by atoms with Crippen molar-refractivity contribution < 1.29 is 4.79 Å². The maximum atomic E-state index is 13.6. The molecule has 0 fully saturated rings. The highest BCUT2D eigenvalue weighted by Gasteiger charge is 2.21. The van der Waals surface area contributed by atoms with Crippen molar-refractivity contribution in [2.75, 3.05) is 34.9 Å². The van der Waals surface area contributed by atoms with Gasteiger partial charge in [0.2, 0.25) is 0 Å². The van der Waals surface area contributed by atoms with Crippen LogP contribution in [0.5, 0.6) is 0 Å². The minimum Gasteiger partial charge on any atom is -0.398 e. The third-order valence-corrected chi connectivity index (χ3v) is 5.91. The Morgan fingerprint density at radius 1 is 0.938 bits per heavy atom. The largest absolute Gasteiger partial charge is 0.398 e. The van der Waals surface area contributed by atoms with Crippen molar-refractivity contribution in [3.63, 3.8) is 0 Å². The molecule has 0 aliphatic carbocycles. The summed E-state index contributed by atoms with van der Waals surface area (Å²) in [5.41, 5.74) is 12.3. The van der Waals surface area contributed by atoms with E-state index in [4.69, 9.17) is 17.3 Å². The number of nitrogens with zero attached hydrogens (tertiary/aromatic N) is 2. The zero-order chi connectivity index (χ0) is 23.3. The monoisotopic (exact) mass is 450 g/mol. The van der Waals surface area contributed by atoms with Crippen LogP contribution < -0.4 is 20.9 Å². The summed E-state index contributed by atoms with van der Waals surface area (Å²) in [4.78, 5) is 17.4. The molecule has 0 saturated carbocycles. The van der Waals surface area contributed by atoms with Crippen molar-refractivity contribution in [3.05, 3.63) is 82.4 Å². The van der Waals surface area contributed by atoms with Crippen molar-refractivity contribution in [1.29, 1.82) is 0 Å². The molecule has 0 heterocycles. The summed E-state index contributed by atoms with van der Waals surface area (Å²) in [6.07, 6.45) is 1.39. The average molecular weight is 451 g/mol. The van der Waals surface area contributed by atoms with Crippen LogP contribution in [0.25, 0.3) is 0 Å². The van der Waals surface area contributed by atoms with E-state index < -0.39 is 0 Å². The number of carbonyl (C=O) groups is 1. The third-order valence-electron chi connectivity index (χ3n) is 5.57. The standard InChI is InChI=1S/C26H31ClN4O/c1-5-21-23(27)16-24(28)22(6-2)25(21)29-26(32)31(17-18-10-8-7-9-11-18)20-14-12-19(13-15-20)30(3)4/h7-16H,5-6,17,28H2,1-4H3,(H,29,32). The van der Waals surface area contributed by atoms with E-state index in [0.29, 0.717) is 35.8 Å². The number of halogens is 1. The number of hydrogen-bond donors (Lipinski definition) is 2. The number of carbonyl (C=O) groups excluding carboxylic acids is 1. The molecule has 32 heavy (non-hydrogen) atoms. The van der Waals surface area contributed by atoms with Gasteiger partial charge in [-0.3, -0.25) is 4.90 Å². The first-order valence-corrected chi connectivity index (χ1v) is 11.2. The summed E-state index contributed by atoms with van der Waals surface area (Å²) < 4.78 is 0. The van der Waals surface area contributed by atoms with E-state index in [1.807, 2.05) is 87.4 Å². The van der Waals surface area contributed by atoms with E-state index in [2.05, 4.69) is 5.32 Å². The Morgan fingerprint density at radius 2 is 1.53 bits per heavy atom. The number of nitrogen functional groups attached to an aromatic ring is 1. The Kier molecular flexibility index (Phi) is 7.65. The molecular weight excluding hydrogens is 420 g/mol. The molecule has 0 aliphatic rings. The van der Waals surface area contributed by atoms with Gasteiger partial charge >= 0.3 is 6.03 Å². The summed E-state index contributed by atoms with van der Waals surface area (Å²) in [5.74, 6) is 0. The fourth-order valence-electron chi connectivity index (χ4n) is 3.79. The number of hydrogen-bond acceptors (Lipinski definition) is 3. The van der Waals surface area contributed by atoms with Crippen LogP contribution in [-0.2, 0) is 19.4 Å². The molecular formula is C26H31ClN4O. The molecule has 3 rings (SSSR count). The van der Waals surface area contributed by atoms with Gasteiger partial charge in [-0.1, -0.05) is 55.8 Å². The molecule has 6 heteroatoms. The van der Waals surface area contributed by atoms with Gasteiger partial charge in [0.1, 0.15) is 0 Å². The molecule has 3 aromatic carbocycles. The highest BCUT2D eigenvalue weighted by atomic mass is 35.5. The van der Waals surface area contributed by atoms with E-state index in [1.54, 1.807) is 11.0 Å². The second-order valence-corrected chi connectivity index (χ2v) is 8.31. The molecule has 0 unspecified atom stereocenters. The molecule has 3 aromatic rings. The maximum Gasteiger partial charge on any atom is 0.326 e. The van der Waals surface area contributed by atoms with Crippen LogP contribution in [0.3, 0.4) is 0 Å². The molecule has 0 atom stereocenters. The molecule has 0 aromatic heterocycles. The number of amides is 2. The first-order valence-electron chi connectivity index (χ1n) is 10.8. The van der Waals surface area contributed by atoms with Gasteiger partial charge in [0.05, 0.1) is 12.2 Å². The van der Waals surface area contributed by atoms with Gasteiger partial charge in [-0.2, -0.15) is 0 Å². The summed E-state index contributed by atoms with van der Waals surface area (Å²) in [6, 6.07) is 19.4. The van der Waals surface area contributed by atoms with Crippen LogP contribution in [0.4, 0.5) is 27.5 Å². The van der Waals surface area contributed by atoms with Crippen molar-refractivity contribution in [1.82, 2.24) is 0 Å². The second-order valence-electron chi connectivity index (χ2n) is 7.90. The fraction of sp³-hybridized carbons (Fsp3) is 0.269. The summed E-state index contributed by atoms with van der Waals surface area (Å²) in [7, 11) is 3.98. The van der Waals surface area contributed by atoms with Gasteiger partial charge < -0.3 is 16.0 Å². The molecule has 0 spiro atoms. The zero-order valence-corrected chi connectivity index (χ0v) is 19.9. The fourth-order valence-corrected chi connectivity index (χ4v) is 4.13. The lowest BCUT2D eigenvalue weighted by Gasteiger charge is -2.26. The van der Waals surface area contributed by atoms with Gasteiger partial charge in [0, 0.05) is 36.2 Å². The molecule has 2 amide bonds. The van der Waals surface area contributed by atoms with E-state index in [1.165, 1.54) is 0 Å². The SMILES string of the molecule is CCc1c(N)cc(Cl)c(CC)c1NC(=O)N(Cc1ccccc1)c1ccc(N(C)C)cc1. The van der Waals surface area contributed by atoms with E-state index >= 15 is 0 Å². The lowest BCUT2D eigenvalue weighted by molar-refractivity contribution is 0.256. The Balaban J connectivity index is 2.01. The van der Waals surface area contributed by atoms with Crippen molar-refractivity contribution in [2.24, 2.45) is 0 Å². The topological polar surface area (TPSA) is 61.6 Å². The Hall–Kier alpha value is -3.18. The summed E-state index contributed by atoms with van der Waals surface area (Å²) in [5, 5.41) is 3.70. The van der Waals surface area contributed by atoms with Gasteiger partial charge in [0.15, 0.2) is 0 Å². The molecule has 0 bridgehead atoms. The highest BCUT2D eigenvalue weighted by Crippen LogP contribution is 2.35. The minimum absolute atomic E-state index is 0.225. The number of nitrogens with two attached hydrogens (primary N) is 1. The van der Waals surface area contributed by atoms with Gasteiger partial charge in [0.25, 0.3) is 0 Å². The Bertz CT molecular complexity index is 1040. The van der Waals surface area contributed by atoms with Crippen molar-refractivity contribution in [3.8, 4) is 0 Å². The van der Waals surface area contributed by atoms with Crippen molar-refractivity contribution in [2.45, 2.75) is 33.2 Å². The first kappa shape index (κ1) is 23.5. The second kappa shape index (κ2) is 10.4. The Labute approximate surface area is 195 Å². The van der Waals surface area contributed by atoms with Crippen LogP contribution in [0, 0.1) is 0 Å². The normalized spacial score (nSPS) is 10.7. The zero-order valence-electron chi connectivity index (χ0n) is 19.2. The van der Waals surface area contributed by atoms with Gasteiger partial charge in [-0.15, -0.1) is 0 Å². The van der Waals surface area contributed by atoms with E-state index in [-0.39, 0.29) is 6.03 Å². The number of rotatable bonds is 7. The molecule has 5 nitrogen and oxygen atoms in total. The molecule has 0 aliphatic heterocycles. The predicted octanol–water partition coefficient (Wildman–Crippen LogP) is 6.35. The van der Waals surface area contributed by atoms with Crippen LogP contribution in [0.15, 0.2) is 60.7 Å². The molecule has 168 valence electrons. The maximum absolute atomic E-state index is 13.6. The third kappa shape index (κ3) is 5.17. The van der Waals surface area contributed by atoms with Gasteiger partial charge in [-0.05, 0) is 59.9 Å². The number of urea groups is 1. The van der Waals surface area contributed by atoms with Gasteiger partial charge in [-0.25, -0.2) is 4.79 Å². The molecule has 0 radical (unpaired) electrons. The van der Waals surface area contributed by atoms with Crippen LogP contribution in [-0.4, -0.2) is 20.1 Å². The number of nitrogens with one attached hydrogen (secondary N) is 1. The predicted molar refractivity (Wildman–Crippen MR) is 137 cm³/mol. The minimum atomic E-state index is -0.225. The van der Waals surface area contributed by atoms with E-state index in [9.17, 15) is 4.79 Å². The quantitative estimate of drug-likeness (QED) is 0.412. The van der Waals surface area contributed by atoms with E-state index in [0.717, 1.165) is 28.1 Å². The highest BCUT2D eigenvalue weighted by molar-refractivity contribution is 6.32.